The molecule has 3 N–H and O–H groups in total. The summed E-state index contributed by atoms with van der Waals surface area (Å²) >= 11 is 0. The van der Waals surface area contributed by atoms with Crippen molar-refractivity contribution in [1.29, 1.82) is 0 Å². The maximum atomic E-state index is 14.0. The zero-order chi connectivity index (χ0) is 21.8. The maximum Gasteiger partial charge on any atom is 0.440 e. The van der Waals surface area contributed by atoms with Gasteiger partial charge in [-0.3, -0.25) is 0 Å². The van der Waals surface area contributed by atoms with Crippen LogP contribution in [0.25, 0.3) is 0 Å². The highest BCUT2D eigenvalue weighted by Crippen LogP contribution is 2.39. The SMILES string of the molecule is Cc1c(F)cc(C2=NC(O)(C(F)(F)F)CN2c2ccc(S(N)(=O)=O)cc2)cc1F. The molecule has 3 rings (SSSR count). The molecule has 0 saturated heterocycles. The second-order valence-corrected chi connectivity index (χ2v) is 8.00. The van der Waals surface area contributed by atoms with Gasteiger partial charge in [0.25, 0.3) is 5.72 Å². The average Bonchev–Trinajstić information content (AvgIpc) is 2.98. The van der Waals surface area contributed by atoms with E-state index in [1.165, 1.54) is 0 Å². The highest BCUT2D eigenvalue weighted by molar-refractivity contribution is 7.89. The van der Waals surface area contributed by atoms with E-state index in [1.807, 2.05) is 0 Å². The third kappa shape index (κ3) is 3.82. The van der Waals surface area contributed by atoms with E-state index in [-0.39, 0.29) is 21.7 Å². The van der Waals surface area contributed by atoms with Gasteiger partial charge in [0.1, 0.15) is 17.5 Å². The van der Waals surface area contributed by atoms with E-state index < -0.39 is 45.9 Å². The van der Waals surface area contributed by atoms with Gasteiger partial charge in [0.2, 0.25) is 10.0 Å². The Morgan fingerprint density at radius 3 is 2.10 bits per heavy atom. The number of rotatable bonds is 3. The molecule has 12 heteroatoms. The first-order valence-electron chi connectivity index (χ1n) is 7.98. The van der Waals surface area contributed by atoms with E-state index in [4.69, 9.17) is 5.14 Å². The highest BCUT2D eigenvalue weighted by atomic mass is 32.2. The summed E-state index contributed by atoms with van der Waals surface area (Å²) < 4.78 is 90.6. The second kappa shape index (κ2) is 6.75. The lowest BCUT2D eigenvalue weighted by atomic mass is 10.1. The number of β-amino-alcohol motifs (C(OH)–C–C–N with tert-alkyl or cyclic N) is 1. The minimum Gasteiger partial charge on any atom is -0.361 e. The molecule has 1 unspecified atom stereocenters. The van der Waals surface area contributed by atoms with E-state index in [1.54, 1.807) is 0 Å². The quantitative estimate of drug-likeness (QED) is 0.724. The van der Waals surface area contributed by atoms with E-state index in [0.29, 0.717) is 0 Å². The van der Waals surface area contributed by atoms with Gasteiger partial charge < -0.3 is 10.0 Å². The minimum atomic E-state index is -5.17. The fourth-order valence-corrected chi connectivity index (χ4v) is 3.26. The predicted molar refractivity (Wildman–Crippen MR) is 93.8 cm³/mol. The van der Waals surface area contributed by atoms with Crippen molar-refractivity contribution >= 4 is 21.5 Å². The van der Waals surface area contributed by atoms with Crippen LogP contribution in [0.15, 0.2) is 46.3 Å². The fourth-order valence-electron chi connectivity index (χ4n) is 2.74. The Hall–Kier alpha value is -2.57. The first kappa shape index (κ1) is 21.1. The normalized spacial score (nSPS) is 20.1. The van der Waals surface area contributed by atoms with E-state index >= 15 is 0 Å². The number of anilines is 1. The number of amidine groups is 1. The minimum absolute atomic E-state index is 0.00211. The number of alkyl halides is 3. The molecule has 0 saturated carbocycles. The Morgan fingerprint density at radius 1 is 1.14 bits per heavy atom. The summed E-state index contributed by atoms with van der Waals surface area (Å²) in [4.78, 5) is 3.88. The zero-order valence-electron chi connectivity index (χ0n) is 14.7. The topological polar surface area (TPSA) is 96.0 Å². The van der Waals surface area contributed by atoms with Crippen molar-refractivity contribution in [3.05, 3.63) is 59.2 Å². The maximum absolute atomic E-state index is 14.0. The molecule has 0 radical (unpaired) electrons. The van der Waals surface area contributed by atoms with Crippen molar-refractivity contribution in [1.82, 2.24) is 0 Å². The number of hydrogen-bond acceptors (Lipinski definition) is 5. The summed E-state index contributed by atoms with van der Waals surface area (Å²) in [5.74, 6) is -2.55. The molecule has 6 nitrogen and oxygen atoms in total. The number of aliphatic imine (C=N–C) groups is 1. The van der Waals surface area contributed by atoms with Crippen LogP contribution in [0.1, 0.15) is 11.1 Å². The summed E-state index contributed by atoms with van der Waals surface area (Å²) in [6.45, 7) is 0.0539. The average molecular weight is 435 g/mol. The number of nitrogens with two attached hydrogens (primary N) is 1. The molecule has 1 aliphatic heterocycles. The summed E-state index contributed by atoms with van der Waals surface area (Å²) in [5.41, 5.74) is -4.19. The lowest BCUT2D eigenvalue weighted by Gasteiger charge is -2.25. The van der Waals surface area contributed by atoms with Crippen molar-refractivity contribution in [2.75, 3.05) is 11.4 Å². The van der Waals surface area contributed by atoms with Gasteiger partial charge in [0.05, 0.1) is 11.4 Å². The summed E-state index contributed by atoms with van der Waals surface area (Å²) in [6, 6.07) is 5.96. The van der Waals surface area contributed by atoms with Gasteiger partial charge in [-0.15, -0.1) is 0 Å². The van der Waals surface area contributed by atoms with Crippen molar-refractivity contribution in [2.24, 2.45) is 10.1 Å². The summed E-state index contributed by atoms with van der Waals surface area (Å²) in [7, 11) is -4.05. The highest BCUT2D eigenvalue weighted by Gasteiger charge is 2.59. The molecular formula is C17H14F5N3O3S. The number of sulfonamides is 1. The molecule has 1 atom stereocenters. The zero-order valence-corrected chi connectivity index (χ0v) is 15.5. The van der Waals surface area contributed by atoms with Crippen LogP contribution >= 0.6 is 0 Å². The second-order valence-electron chi connectivity index (χ2n) is 6.44. The summed E-state index contributed by atoms with van der Waals surface area (Å²) in [5, 5.41) is 15.0. The lowest BCUT2D eigenvalue weighted by molar-refractivity contribution is -0.249. The molecule has 0 fully saturated rings. The molecule has 2 aromatic rings. The molecule has 0 bridgehead atoms. The van der Waals surface area contributed by atoms with Crippen LogP contribution < -0.4 is 10.0 Å². The largest absolute Gasteiger partial charge is 0.440 e. The monoisotopic (exact) mass is 435 g/mol. The van der Waals surface area contributed by atoms with Gasteiger partial charge in [-0.1, -0.05) is 0 Å². The number of primary sulfonamides is 1. The molecule has 0 spiro atoms. The van der Waals surface area contributed by atoms with Crippen LogP contribution in [-0.2, 0) is 10.0 Å². The molecule has 0 aromatic heterocycles. The van der Waals surface area contributed by atoms with Gasteiger partial charge in [0, 0.05) is 16.8 Å². The first-order valence-corrected chi connectivity index (χ1v) is 9.53. The molecule has 1 aliphatic rings. The number of benzene rings is 2. The molecular weight excluding hydrogens is 421 g/mol. The molecule has 2 aromatic carbocycles. The molecule has 0 aliphatic carbocycles. The Labute approximate surface area is 162 Å². The van der Waals surface area contributed by atoms with Gasteiger partial charge in [0.15, 0.2) is 0 Å². The van der Waals surface area contributed by atoms with Crippen LogP contribution in [0.5, 0.6) is 0 Å². The van der Waals surface area contributed by atoms with Crippen molar-refractivity contribution in [3.8, 4) is 0 Å². The number of hydrogen-bond donors (Lipinski definition) is 2. The van der Waals surface area contributed by atoms with Crippen molar-refractivity contribution in [3.63, 3.8) is 0 Å². The van der Waals surface area contributed by atoms with Gasteiger partial charge in [-0.2, -0.15) is 13.2 Å². The third-order valence-electron chi connectivity index (χ3n) is 4.40. The van der Waals surface area contributed by atoms with Crippen LogP contribution in [-0.4, -0.2) is 37.8 Å². The van der Waals surface area contributed by atoms with Crippen molar-refractivity contribution in [2.45, 2.75) is 23.7 Å². The van der Waals surface area contributed by atoms with Gasteiger partial charge >= 0.3 is 6.18 Å². The van der Waals surface area contributed by atoms with Gasteiger partial charge in [-0.25, -0.2) is 27.3 Å². The van der Waals surface area contributed by atoms with Gasteiger partial charge in [-0.05, 0) is 43.3 Å². The number of nitrogens with zero attached hydrogens (tertiary/aromatic N) is 2. The Kier molecular flexibility index (Phi) is 4.92. The summed E-state index contributed by atoms with van der Waals surface area (Å²) in [6.07, 6.45) is -5.17. The van der Waals surface area contributed by atoms with E-state index in [0.717, 1.165) is 48.2 Å². The Morgan fingerprint density at radius 2 is 1.66 bits per heavy atom. The van der Waals surface area contributed by atoms with Crippen LogP contribution in [0.2, 0.25) is 0 Å². The Balaban J connectivity index is 2.14. The Bertz CT molecular complexity index is 1080. The predicted octanol–water partition coefficient (Wildman–Crippen LogP) is 2.44. The fraction of sp³-hybridized carbons (Fsp3) is 0.235. The van der Waals surface area contributed by atoms with E-state index in [9.17, 15) is 35.5 Å². The number of aliphatic hydroxyl groups is 1. The smallest absolute Gasteiger partial charge is 0.361 e. The van der Waals surface area contributed by atoms with Crippen LogP contribution in [0.3, 0.4) is 0 Å². The van der Waals surface area contributed by atoms with E-state index in [2.05, 4.69) is 4.99 Å². The number of halogens is 5. The standard InChI is InChI=1S/C17H14F5N3O3S/c1-9-13(18)6-10(7-14(9)19)15-24-16(26,17(20,21)22)8-25(15)11-2-4-12(5-3-11)29(23,27)28/h2-7,26H,8H2,1H3,(H2,23,27,28). The molecule has 29 heavy (non-hydrogen) atoms. The third-order valence-corrected chi connectivity index (χ3v) is 5.32. The van der Waals surface area contributed by atoms with Crippen molar-refractivity contribution < 1.29 is 35.5 Å². The molecule has 156 valence electrons. The lowest BCUT2D eigenvalue weighted by Crippen LogP contribution is -2.47. The molecule has 0 amide bonds. The van der Waals surface area contributed by atoms with Crippen LogP contribution in [0, 0.1) is 18.6 Å². The van der Waals surface area contributed by atoms with Crippen LogP contribution in [0.4, 0.5) is 27.6 Å². The molecule has 1 heterocycles. The first-order chi connectivity index (χ1) is 13.2.